The average Bonchev–Trinajstić information content (AvgIpc) is 2.50. The van der Waals surface area contributed by atoms with E-state index < -0.39 is 0 Å². The first-order valence-corrected chi connectivity index (χ1v) is 7.42. The van der Waals surface area contributed by atoms with E-state index >= 15 is 0 Å². The van der Waals surface area contributed by atoms with E-state index in [9.17, 15) is 9.50 Å². The van der Waals surface area contributed by atoms with Gasteiger partial charge in [0.05, 0.1) is 13.7 Å². The summed E-state index contributed by atoms with van der Waals surface area (Å²) in [5, 5.41) is 12.5. The van der Waals surface area contributed by atoms with Crippen molar-refractivity contribution in [1.29, 1.82) is 0 Å². The van der Waals surface area contributed by atoms with Crippen LogP contribution in [0.4, 0.5) is 4.39 Å². The fourth-order valence-electron chi connectivity index (χ4n) is 2.32. The lowest BCUT2D eigenvalue weighted by Gasteiger charge is -2.27. The number of hydrogen-bond donors (Lipinski definition) is 2. The molecule has 2 N–H and O–H groups in total. The number of methoxy groups -OCH3 is 1. The molecule has 1 rings (SSSR count). The van der Waals surface area contributed by atoms with Crippen LogP contribution in [0.2, 0.25) is 0 Å². The first kappa shape index (κ1) is 17.9. The van der Waals surface area contributed by atoms with Crippen LogP contribution in [0, 0.1) is 5.82 Å². The first-order valence-electron chi connectivity index (χ1n) is 7.42. The molecular weight excluding hydrogens is 271 g/mol. The number of ether oxygens (including phenoxy) is 1. The molecule has 0 fully saturated rings. The van der Waals surface area contributed by atoms with Crippen molar-refractivity contribution in [3.63, 3.8) is 0 Å². The maximum atomic E-state index is 14.2. The van der Waals surface area contributed by atoms with Crippen LogP contribution in [0.3, 0.4) is 0 Å². The van der Waals surface area contributed by atoms with E-state index in [4.69, 9.17) is 4.74 Å². The number of likely N-dealkylation sites (N-methyl/N-ethyl adjacent to an activating group) is 1. The van der Waals surface area contributed by atoms with Gasteiger partial charge in [-0.1, -0.05) is 13.0 Å². The van der Waals surface area contributed by atoms with E-state index in [-0.39, 0.29) is 24.5 Å². The second kappa shape index (κ2) is 8.97. The average molecular weight is 298 g/mol. The third-order valence-corrected chi connectivity index (χ3v) is 3.82. The Morgan fingerprint density at radius 2 is 2.14 bits per heavy atom. The third kappa shape index (κ3) is 4.95. The summed E-state index contributed by atoms with van der Waals surface area (Å²) >= 11 is 0. The Kier molecular flexibility index (Phi) is 7.64. The fourth-order valence-corrected chi connectivity index (χ4v) is 2.32. The zero-order valence-corrected chi connectivity index (χ0v) is 13.4. The van der Waals surface area contributed by atoms with Crippen LogP contribution < -0.4 is 10.1 Å². The number of hydrogen-bond acceptors (Lipinski definition) is 4. The van der Waals surface area contributed by atoms with Gasteiger partial charge in [-0.05, 0) is 39.1 Å². The molecule has 0 aromatic heterocycles. The van der Waals surface area contributed by atoms with E-state index in [1.54, 1.807) is 19.2 Å². The summed E-state index contributed by atoms with van der Waals surface area (Å²) in [6, 6.07) is 4.88. The molecule has 4 nitrogen and oxygen atoms in total. The van der Waals surface area contributed by atoms with Gasteiger partial charge in [-0.2, -0.15) is 0 Å². The van der Waals surface area contributed by atoms with E-state index in [0.29, 0.717) is 11.3 Å². The van der Waals surface area contributed by atoms with Gasteiger partial charge in [0.25, 0.3) is 0 Å². The van der Waals surface area contributed by atoms with Crippen molar-refractivity contribution in [1.82, 2.24) is 10.2 Å². The summed E-state index contributed by atoms with van der Waals surface area (Å²) < 4.78 is 19.5. The zero-order valence-electron chi connectivity index (χ0n) is 13.4. The van der Waals surface area contributed by atoms with E-state index in [1.165, 1.54) is 6.07 Å². The highest BCUT2D eigenvalue weighted by molar-refractivity contribution is 5.37. The van der Waals surface area contributed by atoms with Crippen molar-refractivity contribution in [2.45, 2.75) is 32.4 Å². The number of benzene rings is 1. The van der Waals surface area contributed by atoms with Gasteiger partial charge < -0.3 is 20.1 Å². The monoisotopic (exact) mass is 298 g/mol. The lowest BCUT2D eigenvalue weighted by atomic mass is 10.0. The molecule has 21 heavy (non-hydrogen) atoms. The molecule has 0 spiro atoms. The molecule has 2 atom stereocenters. The van der Waals surface area contributed by atoms with E-state index in [2.05, 4.69) is 10.2 Å². The highest BCUT2D eigenvalue weighted by atomic mass is 19.1. The maximum Gasteiger partial charge on any atom is 0.131 e. The third-order valence-electron chi connectivity index (χ3n) is 3.82. The number of aliphatic hydroxyl groups excluding tert-OH is 1. The number of aliphatic hydroxyl groups is 1. The number of rotatable bonds is 9. The molecule has 120 valence electrons. The van der Waals surface area contributed by atoms with E-state index in [1.807, 2.05) is 20.9 Å². The van der Waals surface area contributed by atoms with Gasteiger partial charge >= 0.3 is 0 Å². The van der Waals surface area contributed by atoms with Crippen molar-refractivity contribution in [2.75, 3.05) is 33.9 Å². The Hall–Kier alpha value is -1.17. The SMILES string of the molecule is CCNC(CCN(C)C(C)CO)c1c(F)cccc1OC. The van der Waals surface area contributed by atoms with Crippen molar-refractivity contribution in [3.05, 3.63) is 29.6 Å². The zero-order chi connectivity index (χ0) is 15.8. The Morgan fingerprint density at radius 1 is 1.43 bits per heavy atom. The van der Waals surface area contributed by atoms with Gasteiger partial charge in [0.2, 0.25) is 0 Å². The van der Waals surface area contributed by atoms with Crippen molar-refractivity contribution < 1.29 is 14.2 Å². The molecule has 0 bridgehead atoms. The maximum absolute atomic E-state index is 14.2. The topological polar surface area (TPSA) is 44.7 Å². The Bertz CT molecular complexity index is 429. The molecule has 1 aromatic rings. The highest BCUT2D eigenvalue weighted by Crippen LogP contribution is 2.30. The predicted octanol–water partition coefficient (Wildman–Crippen LogP) is 2.19. The molecule has 1 aromatic carbocycles. The van der Waals surface area contributed by atoms with Gasteiger partial charge in [-0.15, -0.1) is 0 Å². The summed E-state index contributed by atoms with van der Waals surface area (Å²) in [4.78, 5) is 2.07. The Morgan fingerprint density at radius 3 is 2.71 bits per heavy atom. The molecule has 0 amide bonds. The van der Waals surface area contributed by atoms with Crippen LogP contribution in [-0.4, -0.2) is 49.9 Å². The molecule has 0 aliphatic carbocycles. The number of nitrogens with one attached hydrogen (secondary N) is 1. The van der Waals surface area contributed by atoms with Crippen molar-refractivity contribution in [3.8, 4) is 5.75 Å². The molecule has 5 heteroatoms. The number of halogens is 1. The van der Waals surface area contributed by atoms with Crippen LogP contribution in [0.25, 0.3) is 0 Å². The van der Waals surface area contributed by atoms with Crippen LogP contribution in [0.5, 0.6) is 5.75 Å². The smallest absolute Gasteiger partial charge is 0.131 e. The normalized spacial score (nSPS) is 14.2. The second-order valence-electron chi connectivity index (χ2n) is 5.27. The summed E-state index contributed by atoms with van der Waals surface area (Å²) in [6.45, 7) is 5.59. The van der Waals surface area contributed by atoms with Crippen molar-refractivity contribution in [2.24, 2.45) is 0 Å². The van der Waals surface area contributed by atoms with Gasteiger partial charge in [0.1, 0.15) is 11.6 Å². The summed E-state index contributed by atoms with van der Waals surface area (Å²) in [7, 11) is 3.52. The molecule has 0 saturated carbocycles. The van der Waals surface area contributed by atoms with Crippen LogP contribution in [-0.2, 0) is 0 Å². The molecule has 0 radical (unpaired) electrons. The summed E-state index contributed by atoms with van der Waals surface area (Å²) in [5.41, 5.74) is 0.576. The van der Waals surface area contributed by atoms with Gasteiger partial charge in [-0.25, -0.2) is 4.39 Å². The van der Waals surface area contributed by atoms with E-state index in [0.717, 1.165) is 19.5 Å². The van der Waals surface area contributed by atoms with Crippen LogP contribution in [0.1, 0.15) is 31.9 Å². The molecule has 0 heterocycles. The molecule has 0 saturated heterocycles. The second-order valence-corrected chi connectivity index (χ2v) is 5.27. The predicted molar refractivity (Wildman–Crippen MR) is 83.2 cm³/mol. The van der Waals surface area contributed by atoms with Crippen LogP contribution >= 0.6 is 0 Å². The van der Waals surface area contributed by atoms with Gasteiger partial charge in [0, 0.05) is 24.2 Å². The minimum Gasteiger partial charge on any atom is -0.496 e. The van der Waals surface area contributed by atoms with Gasteiger partial charge in [0.15, 0.2) is 0 Å². The molecule has 0 aliphatic rings. The Labute approximate surface area is 126 Å². The van der Waals surface area contributed by atoms with Crippen molar-refractivity contribution >= 4 is 0 Å². The minimum absolute atomic E-state index is 0.0924. The lowest BCUT2D eigenvalue weighted by Crippen LogP contribution is -2.35. The van der Waals surface area contributed by atoms with Crippen LogP contribution in [0.15, 0.2) is 18.2 Å². The highest BCUT2D eigenvalue weighted by Gasteiger charge is 2.20. The Balaban J connectivity index is 2.87. The fraction of sp³-hybridized carbons (Fsp3) is 0.625. The quantitative estimate of drug-likeness (QED) is 0.733. The summed E-state index contributed by atoms with van der Waals surface area (Å²) in [6.07, 6.45) is 0.742. The lowest BCUT2D eigenvalue weighted by molar-refractivity contribution is 0.154. The first-order chi connectivity index (χ1) is 10.0. The number of nitrogens with zero attached hydrogens (tertiary/aromatic N) is 1. The van der Waals surface area contributed by atoms with Gasteiger partial charge in [-0.3, -0.25) is 0 Å². The molecule has 0 aliphatic heterocycles. The molecule has 2 unspecified atom stereocenters. The standard InChI is InChI=1S/C16H27FN2O2/c1-5-18-14(9-10-19(3)12(2)11-20)16-13(17)7-6-8-15(16)21-4/h6-8,12,14,18,20H,5,9-11H2,1-4H3. The molecular formula is C16H27FN2O2. The minimum atomic E-state index is -0.252. The summed E-state index contributed by atoms with van der Waals surface area (Å²) in [5.74, 6) is 0.317. The largest absolute Gasteiger partial charge is 0.496 e.